The van der Waals surface area contributed by atoms with Gasteiger partial charge < -0.3 is 9.84 Å². The molecule has 4 rings (SSSR count). The van der Waals surface area contributed by atoms with E-state index in [-0.39, 0.29) is 0 Å². The van der Waals surface area contributed by atoms with Crippen LogP contribution in [-0.4, -0.2) is 25.1 Å². The second kappa shape index (κ2) is 7.63. The van der Waals surface area contributed by atoms with Gasteiger partial charge in [0.25, 0.3) is 0 Å². The fraction of sp³-hybridized carbons (Fsp3) is 0.105. The minimum atomic E-state index is 0.466. The fourth-order valence-electron chi connectivity index (χ4n) is 2.58. The summed E-state index contributed by atoms with van der Waals surface area (Å²) in [6, 6.07) is 11.3. The highest BCUT2D eigenvalue weighted by Crippen LogP contribution is 2.26. The highest BCUT2D eigenvalue weighted by molar-refractivity contribution is 9.10. The van der Waals surface area contributed by atoms with Crippen molar-refractivity contribution in [1.29, 1.82) is 0 Å². The molecule has 0 saturated carbocycles. The van der Waals surface area contributed by atoms with Gasteiger partial charge in [0.2, 0.25) is 5.95 Å². The molecular formula is C19H15BrN6O. The molecule has 0 saturated heterocycles. The number of hydrogen-bond donors (Lipinski definition) is 1. The van der Waals surface area contributed by atoms with Gasteiger partial charge in [0.05, 0.1) is 17.1 Å². The third-order valence-electron chi connectivity index (χ3n) is 3.95. The van der Waals surface area contributed by atoms with Crippen LogP contribution in [-0.2, 0) is 6.54 Å². The normalized spacial score (nSPS) is 10.7. The lowest BCUT2D eigenvalue weighted by molar-refractivity contribution is 0.425. The molecule has 0 spiro atoms. The Morgan fingerprint density at radius 2 is 1.89 bits per heavy atom. The van der Waals surface area contributed by atoms with E-state index in [0.717, 1.165) is 32.8 Å². The molecule has 0 unspecified atom stereocenters. The minimum absolute atomic E-state index is 0.466. The summed E-state index contributed by atoms with van der Waals surface area (Å²) in [5.41, 5.74) is 3.98. The van der Waals surface area contributed by atoms with Crippen LogP contribution < -0.4 is 5.32 Å². The summed E-state index contributed by atoms with van der Waals surface area (Å²) in [5, 5.41) is 7.31. The number of nitrogens with zero attached hydrogens (tertiary/aromatic N) is 5. The first kappa shape index (κ1) is 17.3. The zero-order valence-corrected chi connectivity index (χ0v) is 16.0. The molecule has 0 atom stereocenters. The quantitative estimate of drug-likeness (QED) is 0.513. The molecule has 0 aliphatic rings. The average molecular weight is 423 g/mol. The van der Waals surface area contributed by atoms with Crippen LogP contribution in [0.25, 0.3) is 22.8 Å². The van der Waals surface area contributed by atoms with Crippen LogP contribution in [0.3, 0.4) is 0 Å². The molecule has 0 aromatic carbocycles. The second-order valence-electron chi connectivity index (χ2n) is 5.77. The van der Waals surface area contributed by atoms with Gasteiger partial charge in [-0.2, -0.15) is 0 Å². The van der Waals surface area contributed by atoms with Crippen LogP contribution in [0, 0.1) is 6.92 Å². The molecule has 27 heavy (non-hydrogen) atoms. The van der Waals surface area contributed by atoms with Crippen molar-refractivity contribution in [3.05, 3.63) is 70.7 Å². The maximum atomic E-state index is 5.48. The predicted molar refractivity (Wildman–Crippen MR) is 105 cm³/mol. The molecule has 0 fully saturated rings. The number of rotatable bonds is 5. The Hall–Kier alpha value is -3.13. The van der Waals surface area contributed by atoms with E-state index in [0.29, 0.717) is 18.3 Å². The minimum Gasteiger partial charge on any atom is -0.354 e. The first-order valence-corrected chi connectivity index (χ1v) is 9.05. The van der Waals surface area contributed by atoms with Crippen LogP contribution in [0.15, 0.2) is 64.0 Å². The molecule has 0 radical (unpaired) electrons. The van der Waals surface area contributed by atoms with Gasteiger partial charge in [-0.05, 0) is 53.2 Å². The smallest absolute Gasteiger partial charge is 0.223 e. The standard InChI is InChI=1S/C19H15BrN6O/c1-12-14(18(27-26-12)17-6-5-13(20)10-23-17)11-24-19-22-9-7-16(25-19)15-4-2-3-8-21-15/h2-10H,11H2,1H3,(H,22,24,25). The van der Waals surface area contributed by atoms with Crippen molar-refractivity contribution in [2.45, 2.75) is 13.5 Å². The summed E-state index contributed by atoms with van der Waals surface area (Å²) < 4.78 is 6.39. The summed E-state index contributed by atoms with van der Waals surface area (Å²) in [6.07, 6.45) is 5.17. The first-order chi connectivity index (χ1) is 13.2. The van der Waals surface area contributed by atoms with Gasteiger partial charge in [-0.3, -0.25) is 9.97 Å². The largest absolute Gasteiger partial charge is 0.354 e. The van der Waals surface area contributed by atoms with Gasteiger partial charge in [0.15, 0.2) is 5.76 Å². The van der Waals surface area contributed by atoms with Crippen molar-refractivity contribution in [3.63, 3.8) is 0 Å². The molecule has 134 valence electrons. The van der Waals surface area contributed by atoms with Crippen LogP contribution in [0.5, 0.6) is 0 Å². The Kier molecular flexibility index (Phi) is 4.88. The van der Waals surface area contributed by atoms with E-state index in [4.69, 9.17) is 4.52 Å². The van der Waals surface area contributed by atoms with Crippen molar-refractivity contribution >= 4 is 21.9 Å². The van der Waals surface area contributed by atoms with E-state index in [1.165, 1.54) is 0 Å². The maximum Gasteiger partial charge on any atom is 0.223 e. The molecule has 0 bridgehead atoms. The lowest BCUT2D eigenvalue weighted by atomic mass is 10.1. The topological polar surface area (TPSA) is 89.6 Å². The Bertz CT molecular complexity index is 1050. The summed E-state index contributed by atoms with van der Waals surface area (Å²) in [4.78, 5) is 17.5. The summed E-state index contributed by atoms with van der Waals surface area (Å²) in [7, 11) is 0. The Morgan fingerprint density at radius 3 is 2.67 bits per heavy atom. The summed E-state index contributed by atoms with van der Waals surface area (Å²) in [6.45, 7) is 2.36. The van der Waals surface area contributed by atoms with E-state index >= 15 is 0 Å². The number of aryl methyl sites for hydroxylation is 1. The fourth-order valence-corrected chi connectivity index (χ4v) is 2.81. The van der Waals surface area contributed by atoms with Crippen molar-refractivity contribution < 1.29 is 4.52 Å². The molecule has 8 heteroatoms. The molecule has 7 nitrogen and oxygen atoms in total. The van der Waals surface area contributed by atoms with E-state index in [2.05, 4.69) is 46.3 Å². The van der Waals surface area contributed by atoms with Crippen LogP contribution in [0.4, 0.5) is 5.95 Å². The number of pyridine rings is 2. The van der Waals surface area contributed by atoms with E-state index < -0.39 is 0 Å². The Balaban J connectivity index is 1.56. The first-order valence-electron chi connectivity index (χ1n) is 8.26. The van der Waals surface area contributed by atoms with Gasteiger partial charge in [-0.1, -0.05) is 11.2 Å². The van der Waals surface area contributed by atoms with Crippen LogP contribution in [0.1, 0.15) is 11.3 Å². The zero-order valence-electron chi connectivity index (χ0n) is 14.4. The molecule has 0 amide bonds. The predicted octanol–water partition coefficient (Wildman–Crippen LogP) is 4.27. The number of aromatic nitrogens is 5. The van der Waals surface area contributed by atoms with Gasteiger partial charge in [-0.15, -0.1) is 0 Å². The molecule has 0 aliphatic heterocycles. The van der Waals surface area contributed by atoms with Gasteiger partial charge in [0.1, 0.15) is 5.69 Å². The third kappa shape index (κ3) is 3.85. The SMILES string of the molecule is Cc1noc(-c2ccc(Br)cn2)c1CNc1nccc(-c2ccccn2)n1. The maximum absolute atomic E-state index is 5.48. The number of halogens is 1. The van der Waals surface area contributed by atoms with Gasteiger partial charge >= 0.3 is 0 Å². The second-order valence-corrected chi connectivity index (χ2v) is 6.69. The van der Waals surface area contributed by atoms with E-state index in [9.17, 15) is 0 Å². The molecule has 4 aromatic rings. The highest BCUT2D eigenvalue weighted by Gasteiger charge is 2.16. The molecule has 0 aliphatic carbocycles. The van der Waals surface area contributed by atoms with E-state index in [1.54, 1.807) is 18.6 Å². The van der Waals surface area contributed by atoms with Crippen LogP contribution >= 0.6 is 15.9 Å². The van der Waals surface area contributed by atoms with Crippen molar-refractivity contribution in [1.82, 2.24) is 25.1 Å². The van der Waals surface area contributed by atoms with Crippen molar-refractivity contribution in [3.8, 4) is 22.8 Å². The van der Waals surface area contributed by atoms with Crippen LogP contribution in [0.2, 0.25) is 0 Å². The monoisotopic (exact) mass is 422 g/mol. The van der Waals surface area contributed by atoms with E-state index in [1.807, 2.05) is 43.3 Å². The Morgan fingerprint density at radius 1 is 0.963 bits per heavy atom. The highest BCUT2D eigenvalue weighted by atomic mass is 79.9. The summed E-state index contributed by atoms with van der Waals surface area (Å²) in [5.74, 6) is 1.14. The van der Waals surface area contributed by atoms with Crippen molar-refractivity contribution in [2.75, 3.05) is 5.32 Å². The van der Waals surface area contributed by atoms with Crippen molar-refractivity contribution in [2.24, 2.45) is 0 Å². The van der Waals surface area contributed by atoms with Gasteiger partial charge in [0, 0.05) is 35.2 Å². The lowest BCUT2D eigenvalue weighted by Crippen LogP contribution is -2.05. The number of hydrogen-bond acceptors (Lipinski definition) is 7. The Labute approximate surface area is 164 Å². The molecular weight excluding hydrogens is 408 g/mol. The van der Waals surface area contributed by atoms with Gasteiger partial charge in [-0.25, -0.2) is 9.97 Å². The number of anilines is 1. The molecule has 1 N–H and O–H groups in total. The lowest BCUT2D eigenvalue weighted by Gasteiger charge is -2.07. The molecule has 4 heterocycles. The zero-order chi connectivity index (χ0) is 18.6. The average Bonchev–Trinajstić information content (AvgIpc) is 3.08. The molecule has 4 aromatic heterocycles. The third-order valence-corrected chi connectivity index (χ3v) is 4.42. The number of nitrogens with one attached hydrogen (secondary N) is 1. The summed E-state index contributed by atoms with van der Waals surface area (Å²) >= 11 is 3.39.